The summed E-state index contributed by atoms with van der Waals surface area (Å²) in [5.41, 5.74) is 0.555. The minimum absolute atomic E-state index is 0.0916. The van der Waals surface area contributed by atoms with Crippen LogP contribution in [0, 0.1) is 11.8 Å². The van der Waals surface area contributed by atoms with Gasteiger partial charge in [-0.2, -0.15) is 0 Å². The van der Waals surface area contributed by atoms with E-state index >= 15 is 0 Å². The Morgan fingerprint density at radius 1 is 1.40 bits per heavy atom. The van der Waals surface area contributed by atoms with Gasteiger partial charge in [-0.1, -0.05) is 18.0 Å². The average molecular weight is 332 g/mol. The summed E-state index contributed by atoms with van der Waals surface area (Å²) < 4.78 is 0. The number of thioether (sulfide) groups is 1. The number of nitrogens with one attached hydrogen (secondary N) is 1. The molecule has 0 radical (unpaired) electrons. The molecule has 0 aliphatic heterocycles. The monoisotopic (exact) mass is 331 g/mol. The number of benzene rings is 1. The Morgan fingerprint density at radius 2 is 2.15 bits per heavy atom. The minimum Gasteiger partial charge on any atom is -0.352 e. The number of amides is 1. The van der Waals surface area contributed by atoms with Crippen molar-refractivity contribution in [3.8, 4) is 0 Å². The zero-order valence-electron chi connectivity index (χ0n) is 11.5. The third-order valence-corrected chi connectivity index (χ3v) is 5.41. The molecule has 20 heavy (non-hydrogen) atoms. The lowest BCUT2D eigenvalue weighted by Gasteiger charge is -2.18. The molecule has 2 unspecified atom stereocenters. The van der Waals surface area contributed by atoms with Gasteiger partial charge in [0.15, 0.2) is 0 Å². The van der Waals surface area contributed by atoms with Crippen LogP contribution in [0.25, 0.3) is 0 Å². The van der Waals surface area contributed by atoms with Crippen molar-refractivity contribution in [2.24, 2.45) is 11.8 Å². The van der Waals surface area contributed by atoms with Crippen LogP contribution in [-0.2, 0) is 0 Å². The Balaban J connectivity index is 1.98. The SMILES string of the molecule is CSc1ccc(Cl)c(C(=O)NCC2CCCC2CCl)c1. The Kier molecular flexibility index (Phi) is 6.06. The fourth-order valence-electron chi connectivity index (χ4n) is 2.71. The summed E-state index contributed by atoms with van der Waals surface area (Å²) in [7, 11) is 0. The van der Waals surface area contributed by atoms with Crippen molar-refractivity contribution >= 4 is 40.9 Å². The molecule has 1 aromatic carbocycles. The van der Waals surface area contributed by atoms with Gasteiger partial charge in [0, 0.05) is 17.3 Å². The predicted octanol–water partition coefficient (Wildman–Crippen LogP) is 4.45. The lowest BCUT2D eigenvalue weighted by molar-refractivity contribution is 0.0944. The highest BCUT2D eigenvalue weighted by atomic mass is 35.5. The number of halogens is 2. The van der Waals surface area contributed by atoms with E-state index in [1.165, 1.54) is 12.8 Å². The van der Waals surface area contributed by atoms with E-state index in [1.807, 2.05) is 18.4 Å². The third-order valence-electron chi connectivity index (χ3n) is 3.96. The number of rotatable bonds is 5. The highest BCUT2D eigenvalue weighted by Crippen LogP contribution is 2.32. The maximum atomic E-state index is 12.2. The molecule has 1 aliphatic carbocycles. The van der Waals surface area contributed by atoms with Crippen molar-refractivity contribution in [2.75, 3.05) is 18.7 Å². The fourth-order valence-corrected chi connectivity index (χ4v) is 3.76. The van der Waals surface area contributed by atoms with E-state index in [0.29, 0.717) is 34.8 Å². The largest absolute Gasteiger partial charge is 0.352 e. The first-order valence-corrected chi connectivity index (χ1v) is 8.97. The van der Waals surface area contributed by atoms with E-state index < -0.39 is 0 Å². The fraction of sp³-hybridized carbons (Fsp3) is 0.533. The van der Waals surface area contributed by atoms with Crippen LogP contribution in [0.5, 0.6) is 0 Å². The van der Waals surface area contributed by atoms with Gasteiger partial charge in [0.05, 0.1) is 10.6 Å². The molecule has 1 aromatic rings. The molecule has 1 saturated carbocycles. The maximum Gasteiger partial charge on any atom is 0.252 e. The van der Waals surface area contributed by atoms with E-state index in [1.54, 1.807) is 17.8 Å². The highest BCUT2D eigenvalue weighted by molar-refractivity contribution is 7.98. The highest BCUT2D eigenvalue weighted by Gasteiger charge is 2.26. The molecule has 0 aromatic heterocycles. The van der Waals surface area contributed by atoms with Crippen LogP contribution in [0.4, 0.5) is 0 Å². The van der Waals surface area contributed by atoms with E-state index in [0.717, 1.165) is 11.3 Å². The Labute approximate surface area is 134 Å². The first kappa shape index (κ1) is 16.0. The molecule has 0 saturated heterocycles. The summed E-state index contributed by atoms with van der Waals surface area (Å²) in [6, 6.07) is 5.54. The van der Waals surface area contributed by atoms with Gasteiger partial charge in [0.25, 0.3) is 5.91 Å². The van der Waals surface area contributed by atoms with E-state index in [9.17, 15) is 4.79 Å². The number of hydrogen-bond donors (Lipinski definition) is 1. The molecule has 1 aliphatic rings. The second kappa shape index (κ2) is 7.58. The molecule has 0 heterocycles. The van der Waals surface area contributed by atoms with Gasteiger partial charge < -0.3 is 5.32 Å². The van der Waals surface area contributed by atoms with Crippen LogP contribution in [0.2, 0.25) is 5.02 Å². The summed E-state index contributed by atoms with van der Waals surface area (Å²) in [5, 5.41) is 3.51. The zero-order chi connectivity index (χ0) is 14.5. The number of hydrogen-bond acceptors (Lipinski definition) is 2. The molecular formula is C15H19Cl2NOS. The van der Waals surface area contributed by atoms with E-state index in [-0.39, 0.29) is 5.91 Å². The van der Waals surface area contributed by atoms with Crippen molar-refractivity contribution in [1.29, 1.82) is 0 Å². The summed E-state index contributed by atoms with van der Waals surface area (Å²) in [6.07, 6.45) is 5.51. The third kappa shape index (κ3) is 3.84. The van der Waals surface area contributed by atoms with E-state index in [2.05, 4.69) is 5.32 Å². The lowest BCUT2D eigenvalue weighted by Crippen LogP contribution is -2.31. The van der Waals surface area contributed by atoms with Crippen LogP contribution in [0.15, 0.2) is 23.1 Å². The molecule has 1 amide bonds. The maximum absolute atomic E-state index is 12.2. The number of carbonyl (C=O) groups is 1. The predicted molar refractivity (Wildman–Crippen MR) is 87.1 cm³/mol. The molecule has 1 N–H and O–H groups in total. The molecular weight excluding hydrogens is 313 g/mol. The van der Waals surface area contributed by atoms with Gasteiger partial charge in [-0.15, -0.1) is 23.4 Å². The summed E-state index contributed by atoms with van der Waals surface area (Å²) in [6.45, 7) is 0.691. The van der Waals surface area contributed by atoms with Crippen LogP contribution in [0.3, 0.4) is 0 Å². The first-order chi connectivity index (χ1) is 9.65. The van der Waals surface area contributed by atoms with Gasteiger partial charge in [-0.25, -0.2) is 0 Å². The second-order valence-corrected chi connectivity index (χ2v) is 6.76. The molecule has 5 heteroatoms. The van der Waals surface area contributed by atoms with Crippen molar-refractivity contribution in [3.05, 3.63) is 28.8 Å². The molecule has 110 valence electrons. The second-order valence-electron chi connectivity index (χ2n) is 5.16. The average Bonchev–Trinajstić information content (AvgIpc) is 2.92. The standard InChI is InChI=1S/C15H19Cl2NOS/c1-20-12-5-6-14(17)13(7-12)15(19)18-9-11-4-2-3-10(11)8-16/h5-7,10-11H,2-4,8-9H2,1H3,(H,18,19). The topological polar surface area (TPSA) is 29.1 Å². The van der Waals surface area contributed by atoms with Crippen LogP contribution in [-0.4, -0.2) is 24.6 Å². The molecule has 2 atom stereocenters. The molecule has 2 rings (SSSR count). The molecule has 2 nitrogen and oxygen atoms in total. The van der Waals surface area contributed by atoms with Gasteiger partial charge in [-0.3, -0.25) is 4.79 Å². The lowest BCUT2D eigenvalue weighted by atomic mass is 9.98. The first-order valence-electron chi connectivity index (χ1n) is 6.83. The smallest absolute Gasteiger partial charge is 0.252 e. The van der Waals surface area contributed by atoms with Gasteiger partial charge in [0.2, 0.25) is 0 Å². The Morgan fingerprint density at radius 3 is 2.85 bits per heavy atom. The summed E-state index contributed by atoms with van der Waals surface area (Å²) in [5.74, 6) is 1.62. The van der Waals surface area contributed by atoms with Crippen molar-refractivity contribution in [1.82, 2.24) is 5.32 Å². The van der Waals surface area contributed by atoms with Gasteiger partial charge >= 0.3 is 0 Å². The van der Waals surface area contributed by atoms with Crippen LogP contribution < -0.4 is 5.32 Å². The quantitative estimate of drug-likeness (QED) is 0.638. The van der Waals surface area contributed by atoms with Crippen LogP contribution >= 0.6 is 35.0 Å². The van der Waals surface area contributed by atoms with Gasteiger partial charge in [0.1, 0.15) is 0 Å². The normalized spacial score (nSPS) is 21.9. The minimum atomic E-state index is -0.0916. The molecule has 0 spiro atoms. The van der Waals surface area contributed by atoms with Crippen molar-refractivity contribution in [2.45, 2.75) is 24.2 Å². The number of carbonyl (C=O) groups excluding carboxylic acids is 1. The van der Waals surface area contributed by atoms with E-state index in [4.69, 9.17) is 23.2 Å². The molecule has 0 bridgehead atoms. The van der Waals surface area contributed by atoms with Crippen molar-refractivity contribution in [3.63, 3.8) is 0 Å². The Bertz CT molecular complexity index is 481. The Hall–Kier alpha value is -0.380. The number of alkyl halides is 1. The molecule has 1 fully saturated rings. The van der Waals surface area contributed by atoms with Gasteiger partial charge in [-0.05, 0) is 49.1 Å². The van der Waals surface area contributed by atoms with Crippen LogP contribution in [0.1, 0.15) is 29.6 Å². The summed E-state index contributed by atoms with van der Waals surface area (Å²) >= 11 is 13.7. The van der Waals surface area contributed by atoms with Crippen molar-refractivity contribution < 1.29 is 4.79 Å². The summed E-state index contributed by atoms with van der Waals surface area (Å²) in [4.78, 5) is 13.3. The zero-order valence-corrected chi connectivity index (χ0v) is 13.8.